The number of pyridine rings is 3. The summed E-state index contributed by atoms with van der Waals surface area (Å²) in [7, 11) is 0. The number of hydrogen-bond donors (Lipinski definition) is 0. The second-order valence-corrected chi connectivity index (χ2v) is 39.2. The topological polar surface area (TPSA) is 190 Å². The number of hydrogen-bond acceptors (Lipinski definition) is 18. The molecule has 0 bridgehead atoms. The van der Waals surface area contributed by atoms with E-state index in [9.17, 15) is 0 Å². The zero-order chi connectivity index (χ0) is 94.8. The molecular formula is C126H74N12O3S3. The van der Waals surface area contributed by atoms with E-state index in [1.165, 1.54) is 60.5 Å². The van der Waals surface area contributed by atoms with Gasteiger partial charge in [-0.3, -0.25) is 9.97 Å². The van der Waals surface area contributed by atoms with Crippen LogP contribution in [0.5, 0.6) is 5.75 Å². The number of nitrogens with zero attached hydrogens (tertiary/aromatic N) is 12. The second-order valence-electron chi connectivity index (χ2n) is 35.9. The fourth-order valence-corrected chi connectivity index (χ4v) is 24.0. The Labute approximate surface area is 834 Å². The average molecular weight is 1900 g/mol. The molecule has 0 fully saturated rings. The average Bonchev–Trinajstić information content (AvgIpc) is 1.56. The maximum Gasteiger partial charge on any atom is 0.227 e. The van der Waals surface area contributed by atoms with Crippen molar-refractivity contribution < 1.29 is 13.6 Å². The number of furan rings is 2. The van der Waals surface area contributed by atoms with Crippen molar-refractivity contribution in [1.82, 2.24) is 59.8 Å². The van der Waals surface area contributed by atoms with Crippen molar-refractivity contribution in [2.24, 2.45) is 0 Å². The maximum absolute atomic E-state index is 6.81. The first kappa shape index (κ1) is 83.7. The fourth-order valence-electron chi connectivity index (χ4n) is 20.6. The molecule has 1 aliphatic heterocycles. The van der Waals surface area contributed by atoms with E-state index in [0.717, 1.165) is 165 Å². The quantitative estimate of drug-likeness (QED) is 0.112. The largest absolute Gasteiger partial charge is 0.485 e. The number of ether oxygens (including phenoxy) is 1. The molecule has 2 unspecified atom stereocenters. The van der Waals surface area contributed by atoms with Gasteiger partial charge in [-0.1, -0.05) is 303 Å². The van der Waals surface area contributed by atoms with Crippen LogP contribution in [0.2, 0.25) is 0 Å². The smallest absolute Gasteiger partial charge is 0.227 e. The highest BCUT2D eigenvalue weighted by atomic mass is 32.1. The van der Waals surface area contributed by atoms with Crippen LogP contribution in [-0.2, 0) is 0 Å². The van der Waals surface area contributed by atoms with Crippen molar-refractivity contribution in [3.05, 3.63) is 441 Å². The molecular weight excluding hydrogens is 1830 g/mol. The van der Waals surface area contributed by atoms with Gasteiger partial charge in [0.15, 0.2) is 52.4 Å². The van der Waals surface area contributed by atoms with Crippen molar-refractivity contribution >= 4 is 172 Å². The van der Waals surface area contributed by atoms with Crippen molar-refractivity contribution in [2.45, 2.75) is 12.0 Å². The Morgan fingerprint density at radius 1 is 0.236 bits per heavy atom. The van der Waals surface area contributed by atoms with Gasteiger partial charge >= 0.3 is 0 Å². The van der Waals surface area contributed by atoms with Crippen LogP contribution in [0.1, 0.15) is 11.5 Å². The van der Waals surface area contributed by atoms with E-state index in [2.05, 4.69) is 216 Å². The minimum absolute atomic E-state index is 0.0179. The van der Waals surface area contributed by atoms with E-state index < -0.39 is 0 Å². The van der Waals surface area contributed by atoms with Crippen LogP contribution >= 0.6 is 34.0 Å². The Morgan fingerprint density at radius 3 is 1.11 bits per heavy atom. The van der Waals surface area contributed by atoms with Crippen molar-refractivity contribution in [1.29, 1.82) is 0 Å². The summed E-state index contributed by atoms with van der Waals surface area (Å²) < 4.78 is 27.7. The molecule has 0 amide bonds. The third-order valence-corrected chi connectivity index (χ3v) is 30.6. The molecule has 12 heterocycles. The van der Waals surface area contributed by atoms with Crippen LogP contribution in [-0.4, -0.2) is 65.9 Å². The molecule has 2 aliphatic rings. The van der Waals surface area contributed by atoms with Gasteiger partial charge in [-0.2, -0.15) is 0 Å². The summed E-state index contributed by atoms with van der Waals surface area (Å²) in [6.07, 6.45) is 9.79. The zero-order valence-corrected chi connectivity index (χ0v) is 79.0. The van der Waals surface area contributed by atoms with Crippen LogP contribution in [0, 0.1) is 0 Å². The van der Waals surface area contributed by atoms with Gasteiger partial charge in [-0.15, -0.1) is 34.0 Å². The predicted octanol–water partition coefficient (Wildman–Crippen LogP) is 31.1. The lowest BCUT2D eigenvalue weighted by Crippen LogP contribution is -2.36. The molecule has 0 spiro atoms. The van der Waals surface area contributed by atoms with E-state index >= 15 is 0 Å². The molecule has 28 aromatic rings. The zero-order valence-electron chi connectivity index (χ0n) is 76.5. The van der Waals surface area contributed by atoms with Gasteiger partial charge in [-0.25, -0.2) is 49.8 Å². The fraction of sp³-hybridized carbons (Fsp3) is 0.0159. The first-order chi connectivity index (χ1) is 71.3. The Morgan fingerprint density at radius 2 is 0.632 bits per heavy atom. The summed E-state index contributed by atoms with van der Waals surface area (Å²) in [6.45, 7) is 0. The summed E-state index contributed by atoms with van der Waals surface area (Å²) >= 11 is 5.45. The van der Waals surface area contributed by atoms with E-state index in [-0.39, 0.29) is 12.0 Å². The highest BCUT2D eigenvalue weighted by molar-refractivity contribution is 7.26. The Bertz CT molecular complexity index is 9620. The van der Waals surface area contributed by atoms with E-state index in [1.807, 2.05) is 265 Å². The van der Waals surface area contributed by atoms with Crippen LogP contribution in [0.25, 0.3) is 274 Å². The molecule has 144 heavy (non-hydrogen) atoms. The number of aromatic nitrogens is 12. The lowest BCUT2D eigenvalue weighted by molar-refractivity contribution is 0.288. The molecule has 0 saturated heterocycles. The maximum atomic E-state index is 6.81. The van der Waals surface area contributed by atoms with Crippen molar-refractivity contribution in [3.8, 4) is 142 Å². The summed E-state index contributed by atoms with van der Waals surface area (Å²) in [6, 6.07) is 140. The predicted molar refractivity (Wildman–Crippen MR) is 588 cm³/mol. The van der Waals surface area contributed by atoms with Crippen LogP contribution in [0.4, 0.5) is 0 Å². The highest BCUT2D eigenvalue weighted by Crippen LogP contribution is 2.53. The minimum atomic E-state index is -0.182. The number of rotatable bonds is 12. The summed E-state index contributed by atoms with van der Waals surface area (Å²) in [4.78, 5) is 59.8. The molecule has 0 N–H and O–H groups in total. The van der Waals surface area contributed by atoms with Gasteiger partial charge in [0.2, 0.25) is 5.71 Å². The van der Waals surface area contributed by atoms with Gasteiger partial charge in [0.25, 0.3) is 0 Å². The van der Waals surface area contributed by atoms with E-state index in [1.54, 1.807) is 0 Å². The Balaban J connectivity index is 0.000000105. The lowest BCUT2D eigenvalue weighted by Gasteiger charge is -2.17. The number of para-hydroxylation sites is 1. The van der Waals surface area contributed by atoms with Crippen LogP contribution < -0.4 is 15.3 Å². The van der Waals surface area contributed by atoms with Crippen molar-refractivity contribution in [3.63, 3.8) is 0 Å². The number of thiophene rings is 3. The lowest BCUT2D eigenvalue weighted by atomic mass is 9.86. The molecule has 2 atom stereocenters. The molecule has 0 radical (unpaired) electrons. The number of benzene rings is 17. The first-order valence-corrected chi connectivity index (χ1v) is 50.1. The van der Waals surface area contributed by atoms with E-state index in [4.69, 9.17) is 63.4 Å². The Hall–Kier alpha value is -18.5. The van der Waals surface area contributed by atoms with Crippen molar-refractivity contribution in [2.75, 3.05) is 0 Å². The molecule has 15 nitrogen and oxygen atoms in total. The normalized spacial score (nSPS) is 13.2. The molecule has 11 aromatic heterocycles. The molecule has 0 saturated carbocycles. The molecule has 1 aliphatic carbocycles. The molecule has 17 aromatic carbocycles. The van der Waals surface area contributed by atoms with E-state index in [0.29, 0.717) is 58.1 Å². The number of fused-ring (bicyclic) bond motifs is 21. The Kier molecular flexibility index (Phi) is 20.3. The standard InChI is InChI=1S/C42H24N4OS.C42H26N4OS.C42H24N4OS/c1-3-12-25(13-4-1)39-44-40(26-14-5-2-6-15-26)46-41(45-39)31-23-28(29-18-11-21-36-38(29)30-17-8-10-20-35(30)48-36)24-34-37(31)32-22-27-16-7-9-19-33(27)43-42(32)47-34;1-3-11-25(12-4-1)40-44-41(26-13-5-2-6-14-26)46-42(45-40)32-22-28(29-17-9-19-37-39(29)30-16-7-8-18-36(30)48-37)23-35-38(32)31-21-27-15-10-20-43-33(27)24-34(31)47-35;1-3-10-25(11-4-1)40-44-41(26-12-5-2-6-13-26)46-42(45-40)33-21-28(30-15-9-17-37-39(30)31-14-7-8-16-36(31)48-37)22-35-38(33)32-20-27-18-19-43-24-29(27)23-34(32)47-35/h1-24H;1-24,31,34H;1-24H. The van der Waals surface area contributed by atoms with Gasteiger partial charge in [0, 0.05) is 173 Å². The first-order valence-electron chi connectivity index (χ1n) is 47.6. The third-order valence-electron chi connectivity index (χ3n) is 27.2. The molecule has 18 heteroatoms. The molecule has 30 rings (SSSR count). The van der Waals surface area contributed by atoms with Gasteiger partial charge in [-0.05, 0) is 159 Å². The van der Waals surface area contributed by atoms with Gasteiger partial charge in [0.05, 0.1) is 10.9 Å². The SMILES string of the molecule is C1=c2cccnc2=CC2Oc3cc(-c4cccc5sc6ccccc6c45)cc(-c4nc(-c5ccccc5)nc(-c5ccccc5)n4)c3C12.c1ccc(-c2nc(-c3ccccc3)nc(-c3cc(-c4cccc5sc6ccccc6c45)cc4oc5cc6cnccc6cc5c34)n2)cc1.c1ccc(-c2nc(-c3ccccc3)nc(-c3cc(-c4cccc5sc6ccccc6c45)cc4oc5nc6ccccc6cc5c34)n2)cc1. The minimum Gasteiger partial charge on any atom is -0.485 e. The highest BCUT2D eigenvalue weighted by Gasteiger charge is 2.38. The second kappa shape index (κ2) is 34.8. The van der Waals surface area contributed by atoms with Crippen LogP contribution in [0.3, 0.4) is 0 Å². The third kappa shape index (κ3) is 14.8. The summed E-state index contributed by atoms with van der Waals surface area (Å²) in [5.74, 6) is 6.34. The monoisotopic (exact) mass is 1900 g/mol. The van der Waals surface area contributed by atoms with Crippen LogP contribution in [0.15, 0.2) is 434 Å². The molecule has 674 valence electrons. The van der Waals surface area contributed by atoms with Gasteiger partial charge < -0.3 is 13.6 Å². The summed E-state index contributed by atoms with van der Waals surface area (Å²) in [5.41, 5.74) is 19.7. The van der Waals surface area contributed by atoms with Gasteiger partial charge in [0.1, 0.15) is 28.6 Å². The summed E-state index contributed by atoms with van der Waals surface area (Å²) in [5, 5.41) is 16.5.